The quantitative estimate of drug-likeness (QED) is 0.917. The summed E-state index contributed by atoms with van der Waals surface area (Å²) in [6.07, 6.45) is 3.93. The Balaban J connectivity index is 1.55. The Kier molecular flexibility index (Phi) is 4.84. The first kappa shape index (κ1) is 17.0. The summed E-state index contributed by atoms with van der Waals surface area (Å²) < 4.78 is 5.44. The Morgan fingerprint density at radius 3 is 2.92 bits per heavy atom. The molecule has 6 nitrogen and oxygen atoms in total. The minimum absolute atomic E-state index is 0.0250. The summed E-state index contributed by atoms with van der Waals surface area (Å²) in [6, 6.07) is 8.03. The molecule has 2 aliphatic heterocycles. The Labute approximate surface area is 152 Å². The fourth-order valence-corrected chi connectivity index (χ4v) is 3.72. The van der Waals surface area contributed by atoms with Gasteiger partial charge in [0, 0.05) is 38.2 Å². The molecule has 0 bridgehead atoms. The van der Waals surface area contributed by atoms with Gasteiger partial charge in [-0.05, 0) is 25.3 Å². The van der Waals surface area contributed by atoms with E-state index in [0.29, 0.717) is 12.4 Å². The molecule has 1 aromatic heterocycles. The van der Waals surface area contributed by atoms with E-state index in [1.54, 1.807) is 7.11 Å². The Morgan fingerprint density at radius 2 is 2.12 bits per heavy atom. The zero-order valence-corrected chi connectivity index (χ0v) is 15.1. The van der Waals surface area contributed by atoms with Crippen LogP contribution in [0.15, 0.2) is 34.1 Å². The van der Waals surface area contributed by atoms with Crippen molar-refractivity contribution in [1.29, 1.82) is 0 Å². The Hall–Kier alpha value is -2.47. The smallest absolute Gasteiger partial charge is 0.255 e. The second-order valence-corrected chi connectivity index (χ2v) is 6.90. The van der Waals surface area contributed by atoms with Crippen LogP contribution in [-0.4, -0.2) is 40.8 Å². The van der Waals surface area contributed by atoms with E-state index in [4.69, 9.17) is 9.72 Å². The second-order valence-electron chi connectivity index (χ2n) is 6.90. The van der Waals surface area contributed by atoms with Gasteiger partial charge in [0.15, 0.2) is 5.82 Å². The molecular weight excluding hydrogens is 328 g/mol. The third-order valence-corrected chi connectivity index (χ3v) is 5.13. The molecule has 136 valence electrons. The molecule has 6 heteroatoms. The second kappa shape index (κ2) is 7.41. The number of ether oxygens (including phenoxy) is 1. The normalized spacial score (nSPS) is 17.5. The molecule has 1 aromatic carbocycles. The summed E-state index contributed by atoms with van der Waals surface area (Å²) in [5.74, 6) is 1.56. The SMILES string of the molecule is COc1ccccc1CN1CCc2nc(C3=NCCCC3)[nH]c(=O)c2C1. The molecule has 26 heavy (non-hydrogen) atoms. The van der Waals surface area contributed by atoms with Crippen LogP contribution in [0.3, 0.4) is 0 Å². The highest BCUT2D eigenvalue weighted by Crippen LogP contribution is 2.22. The Bertz CT molecular complexity index is 888. The molecule has 2 aromatic rings. The van der Waals surface area contributed by atoms with Gasteiger partial charge in [0.2, 0.25) is 0 Å². The summed E-state index contributed by atoms with van der Waals surface area (Å²) in [5, 5.41) is 0. The first-order chi connectivity index (χ1) is 12.7. The van der Waals surface area contributed by atoms with Crippen molar-refractivity contribution in [3.63, 3.8) is 0 Å². The van der Waals surface area contributed by atoms with E-state index in [9.17, 15) is 4.79 Å². The maximum absolute atomic E-state index is 12.6. The molecule has 0 spiro atoms. The number of fused-ring (bicyclic) bond motifs is 1. The number of rotatable bonds is 4. The zero-order valence-electron chi connectivity index (χ0n) is 15.1. The van der Waals surface area contributed by atoms with Gasteiger partial charge in [-0.2, -0.15) is 0 Å². The standard InChI is InChI=1S/C20H24N4O2/c1-26-18-8-3-2-6-14(18)12-24-11-9-16-15(13-24)20(25)23-19(22-16)17-7-4-5-10-21-17/h2-3,6,8H,4-5,7,9-13H2,1H3,(H,22,23,25). The van der Waals surface area contributed by atoms with Crippen LogP contribution in [0.25, 0.3) is 0 Å². The van der Waals surface area contributed by atoms with Crippen LogP contribution in [0.5, 0.6) is 5.75 Å². The van der Waals surface area contributed by atoms with Crippen LogP contribution in [0.4, 0.5) is 0 Å². The van der Waals surface area contributed by atoms with E-state index < -0.39 is 0 Å². The lowest BCUT2D eigenvalue weighted by atomic mass is 10.0. The molecule has 0 unspecified atom stereocenters. The van der Waals surface area contributed by atoms with Crippen molar-refractivity contribution in [2.24, 2.45) is 4.99 Å². The number of aromatic nitrogens is 2. The lowest BCUT2D eigenvalue weighted by Crippen LogP contribution is -2.36. The van der Waals surface area contributed by atoms with E-state index in [-0.39, 0.29) is 5.56 Å². The monoisotopic (exact) mass is 352 g/mol. The first-order valence-electron chi connectivity index (χ1n) is 9.24. The summed E-state index contributed by atoms with van der Waals surface area (Å²) in [4.78, 5) is 27.2. The van der Waals surface area contributed by atoms with E-state index in [1.165, 1.54) is 0 Å². The predicted molar refractivity (Wildman–Crippen MR) is 101 cm³/mol. The number of H-pyrrole nitrogens is 1. The first-order valence-corrected chi connectivity index (χ1v) is 9.24. The number of aliphatic imine (C=N–C) groups is 1. The minimum Gasteiger partial charge on any atom is -0.496 e. The number of nitrogens with zero attached hydrogens (tertiary/aromatic N) is 3. The lowest BCUT2D eigenvalue weighted by molar-refractivity contribution is 0.238. The molecule has 0 saturated carbocycles. The molecule has 0 radical (unpaired) electrons. The topological polar surface area (TPSA) is 70.6 Å². The Morgan fingerprint density at radius 1 is 1.23 bits per heavy atom. The highest BCUT2D eigenvalue weighted by molar-refractivity contribution is 5.97. The third-order valence-electron chi connectivity index (χ3n) is 5.13. The van der Waals surface area contributed by atoms with Crippen LogP contribution in [0, 0.1) is 0 Å². The maximum Gasteiger partial charge on any atom is 0.255 e. The minimum atomic E-state index is -0.0250. The van der Waals surface area contributed by atoms with Gasteiger partial charge in [0.1, 0.15) is 5.75 Å². The van der Waals surface area contributed by atoms with Gasteiger partial charge >= 0.3 is 0 Å². The lowest BCUT2D eigenvalue weighted by Gasteiger charge is -2.28. The number of nitrogens with one attached hydrogen (secondary N) is 1. The summed E-state index contributed by atoms with van der Waals surface area (Å²) in [5.41, 5.74) is 3.77. The molecule has 0 amide bonds. The van der Waals surface area contributed by atoms with Crippen molar-refractivity contribution in [1.82, 2.24) is 14.9 Å². The van der Waals surface area contributed by atoms with Crippen molar-refractivity contribution in [2.75, 3.05) is 20.2 Å². The predicted octanol–water partition coefficient (Wildman–Crippen LogP) is 2.31. The number of hydrogen-bond donors (Lipinski definition) is 1. The molecular formula is C20H24N4O2. The number of aromatic amines is 1. The third kappa shape index (κ3) is 3.42. The van der Waals surface area contributed by atoms with E-state index in [0.717, 1.165) is 73.6 Å². The molecule has 0 atom stereocenters. The molecule has 4 rings (SSSR count). The molecule has 1 N–H and O–H groups in total. The summed E-state index contributed by atoms with van der Waals surface area (Å²) in [7, 11) is 1.69. The van der Waals surface area contributed by atoms with Crippen LogP contribution in [-0.2, 0) is 19.5 Å². The van der Waals surface area contributed by atoms with Crippen molar-refractivity contribution >= 4 is 5.71 Å². The number of para-hydroxylation sites is 1. The zero-order chi connectivity index (χ0) is 17.9. The average molecular weight is 352 g/mol. The number of hydrogen-bond acceptors (Lipinski definition) is 5. The molecule has 0 aliphatic carbocycles. The highest BCUT2D eigenvalue weighted by Gasteiger charge is 2.23. The summed E-state index contributed by atoms with van der Waals surface area (Å²) >= 11 is 0. The van der Waals surface area contributed by atoms with Crippen molar-refractivity contribution < 1.29 is 4.74 Å². The van der Waals surface area contributed by atoms with Crippen LogP contribution in [0.1, 0.15) is 41.9 Å². The molecule has 0 fully saturated rings. The van der Waals surface area contributed by atoms with Gasteiger partial charge in [-0.1, -0.05) is 18.2 Å². The highest BCUT2D eigenvalue weighted by atomic mass is 16.5. The fourth-order valence-electron chi connectivity index (χ4n) is 3.72. The van der Waals surface area contributed by atoms with Crippen molar-refractivity contribution in [2.45, 2.75) is 38.8 Å². The number of benzene rings is 1. The van der Waals surface area contributed by atoms with Crippen LogP contribution < -0.4 is 10.3 Å². The van der Waals surface area contributed by atoms with E-state index in [1.807, 2.05) is 18.2 Å². The van der Waals surface area contributed by atoms with Crippen LogP contribution in [0.2, 0.25) is 0 Å². The molecule has 0 saturated heterocycles. The van der Waals surface area contributed by atoms with Crippen molar-refractivity contribution in [3.8, 4) is 5.75 Å². The van der Waals surface area contributed by atoms with Gasteiger partial charge in [0.25, 0.3) is 5.56 Å². The van der Waals surface area contributed by atoms with Gasteiger partial charge in [-0.15, -0.1) is 0 Å². The van der Waals surface area contributed by atoms with Gasteiger partial charge < -0.3 is 9.72 Å². The molecule has 2 aliphatic rings. The largest absolute Gasteiger partial charge is 0.496 e. The molecule has 3 heterocycles. The number of methoxy groups -OCH3 is 1. The van der Waals surface area contributed by atoms with E-state index >= 15 is 0 Å². The fraction of sp³-hybridized carbons (Fsp3) is 0.450. The van der Waals surface area contributed by atoms with Gasteiger partial charge in [-0.3, -0.25) is 14.7 Å². The van der Waals surface area contributed by atoms with Gasteiger partial charge in [-0.25, -0.2) is 4.98 Å². The maximum atomic E-state index is 12.6. The summed E-state index contributed by atoms with van der Waals surface area (Å²) in [6.45, 7) is 3.09. The average Bonchev–Trinajstić information content (AvgIpc) is 2.69. The van der Waals surface area contributed by atoms with E-state index in [2.05, 4.69) is 20.9 Å². The van der Waals surface area contributed by atoms with Gasteiger partial charge in [0.05, 0.1) is 24.1 Å². The van der Waals surface area contributed by atoms with Crippen LogP contribution >= 0.6 is 0 Å². The van der Waals surface area contributed by atoms with Crippen molar-refractivity contribution in [3.05, 3.63) is 57.3 Å².